The molecule has 176 valence electrons. The molecule has 0 radical (unpaired) electrons. The number of thioether (sulfide) groups is 1. The summed E-state index contributed by atoms with van der Waals surface area (Å²) in [7, 11) is 1.59. The molecule has 1 fully saturated rings. The second-order valence-corrected chi connectivity index (χ2v) is 10.0. The maximum atomic E-state index is 13.1. The lowest BCUT2D eigenvalue weighted by Crippen LogP contribution is -2.28. The molecule has 1 aromatic heterocycles. The van der Waals surface area contributed by atoms with E-state index in [1.54, 1.807) is 18.1 Å². The molecule has 1 saturated heterocycles. The number of amides is 1. The molecule has 4 aromatic rings. The molecule has 35 heavy (non-hydrogen) atoms. The van der Waals surface area contributed by atoms with Crippen LogP contribution in [0, 0.1) is 0 Å². The lowest BCUT2D eigenvalue weighted by molar-refractivity contribution is -0.115. The maximum Gasteiger partial charge on any atom is 0.238 e. The van der Waals surface area contributed by atoms with Gasteiger partial charge < -0.3 is 9.84 Å². The van der Waals surface area contributed by atoms with Gasteiger partial charge in [0.25, 0.3) is 0 Å². The summed E-state index contributed by atoms with van der Waals surface area (Å²) in [5.74, 6) is 0.815. The fourth-order valence-electron chi connectivity index (χ4n) is 3.79. The van der Waals surface area contributed by atoms with E-state index in [0.717, 1.165) is 9.86 Å². The monoisotopic (exact) mass is 568 g/mol. The van der Waals surface area contributed by atoms with Crippen molar-refractivity contribution in [2.45, 2.75) is 5.37 Å². The highest BCUT2D eigenvalue weighted by atomic mass is 79.9. The summed E-state index contributed by atoms with van der Waals surface area (Å²) in [6.45, 7) is 0. The number of hydrogen-bond donors (Lipinski definition) is 1. The van der Waals surface area contributed by atoms with Gasteiger partial charge in [0.2, 0.25) is 5.91 Å². The van der Waals surface area contributed by atoms with Crippen LogP contribution in [0.2, 0.25) is 5.15 Å². The number of carbonyl (C=O) groups excluding carboxylic acids is 1. The SMILES string of the molecule is COc1ccc2cc(C3SCC(=O)N3c3cc(O)ccc3N=Nc3cccc(Br)c3)c(Cl)nc2c1. The Hall–Kier alpha value is -3.14. The third kappa shape index (κ3) is 4.84. The summed E-state index contributed by atoms with van der Waals surface area (Å²) in [6.07, 6.45) is 0. The van der Waals surface area contributed by atoms with Crippen molar-refractivity contribution in [2.24, 2.45) is 10.2 Å². The minimum absolute atomic E-state index is 0.0136. The predicted octanol–water partition coefficient (Wildman–Crippen LogP) is 7.56. The molecule has 1 amide bonds. The number of benzene rings is 3. The van der Waals surface area contributed by atoms with Gasteiger partial charge in [-0.1, -0.05) is 33.6 Å². The summed E-state index contributed by atoms with van der Waals surface area (Å²) in [5, 5.41) is 19.6. The molecule has 1 unspecified atom stereocenters. The summed E-state index contributed by atoms with van der Waals surface area (Å²) in [6, 6.07) is 19.6. The van der Waals surface area contributed by atoms with Gasteiger partial charge in [-0.05, 0) is 48.5 Å². The third-order valence-corrected chi connectivity index (χ3v) is 7.43. The van der Waals surface area contributed by atoms with Crippen LogP contribution in [0.15, 0.2) is 81.4 Å². The molecule has 1 aliphatic rings. The Kier molecular flexibility index (Phi) is 6.64. The van der Waals surface area contributed by atoms with Crippen LogP contribution in [-0.4, -0.2) is 28.9 Å². The van der Waals surface area contributed by atoms with E-state index in [2.05, 4.69) is 31.1 Å². The zero-order valence-electron chi connectivity index (χ0n) is 18.4. The summed E-state index contributed by atoms with van der Waals surface area (Å²) < 4.78 is 6.16. The third-order valence-electron chi connectivity index (χ3n) is 5.44. The zero-order chi connectivity index (χ0) is 24.5. The summed E-state index contributed by atoms with van der Waals surface area (Å²) in [5.41, 5.74) is 2.92. The molecule has 2 heterocycles. The van der Waals surface area contributed by atoms with Crippen molar-refractivity contribution < 1.29 is 14.6 Å². The second-order valence-electron chi connectivity index (χ2n) is 7.71. The van der Waals surface area contributed by atoms with E-state index in [1.165, 1.54) is 23.9 Å². The number of phenolic OH excluding ortho intramolecular Hbond substituents is 1. The highest BCUT2D eigenvalue weighted by Gasteiger charge is 2.37. The average molecular weight is 570 g/mol. The lowest BCUT2D eigenvalue weighted by Gasteiger charge is -2.26. The fourth-order valence-corrected chi connectivity index (χ4v) is 5.67. The van der Waals surface area contributed by atoms with Crippen LogP contribution in [0.5, 0.6) is 11.5 Å². The van der Waals surface area contributed by atoms with Crippen LogP contribution in [-0.2, 0) is 4.79 Å². The van der Waals surface area contributed by atoms with Crippen LogP contribution in [0.25, 0.3) is 10.9 Å². The largest absolute Gasteiger partial charge is 0.508 e. The first-order chi connectivity index (χ1) is 16.9. The van der Waals surface area contributed by atoms with E-state index in [9.17, 15) is 9.90 Å². The number of nitrogens with zero attached hydrogens (tertiary/aromatic N) is 4. The summed E-state index contributed by atoms with van der Waals surface area (Å²) in [4.78, 5) is 19.2. The van der Waals surface area contributed by atoms with Gasteiger partial charge in [0.1, 0.15) is 27.7 Å². The van der Waals surface area contributed by atoms with E-state index in [0.29, 0.717) is 39.0 Å². The van der Waals surface area contributed by atoms with Crippen LogP contribution in [0.1, 0.15) is 10.9 Å². The number of hydrogen-bond acceptors (Lipinski definition) is 7. The number of fused-ring (bicyclic) bond motifs is 1. The highest BCUT2D eigenvalue weighted by molar-refractivity contribution is 9.10. The Labute approximate surface area is 218 Å². The normalized spacial score (nSPS) is 15.9. The number of methoxy groups -OCH3 is 1. The molecule has 1 aliphatic heterocycles. The molecular weight excluding hydrogens is 552 g/mol. The van der Waals surface area contributed by atoms with Gasteiger partial charge in [0, 0.05) is 27.6 Å². The van der Waals surface area contributed by atoms with E-state index in [4.69, 9.17) is 16.3 Å². The minimum Gasteiger partial charge on any atom is -0.508 e. The number of ether oxygens (including phenoxy) is 1. The molecular formula is C25H18BrClN4O3S. The van der Waals surface area contributed by atoms with Crippen molar-refractivity contribution in [2.75, 3.05) is 17.8 Å². The van der Waals surface area contributed by atoms with E-state index < -0.39 is 5.37 Å². The lowest BCUT2D eigenvalue weighted by atomic mass is 10.1. The van der Waals surface area contributed by atoms with Gasteiger partial charge in [-0.3, -0.25) is 9.69 Å². The molecule has 0 bridgehead atoms. The first-order valence-electron chi connectivity index (χ1n) is 10.5. The molecule has 1 N–H and O–H groups in total. The number of phenols is 1. The maximum absolute atomic E-state index is 13.1. The first kappa shape index (κ1) is 23.6. The first-order valence-corrected chi connectivity index (χ1v) is 12.7. The number of carbonyl (C=O) groups is 1. The predicted molar refractivity (Wildman–Crippen MR) is 142 cm³/mol. The second kappa shape index (κ2) is 9.85. The van der Waals surface area contributed by atoms with Crippen molar-refractivity contribution in [3.05, 3.63) is 81.9 Å². The molecule has 7 nitrogen and oxygen atoms in total. The molecule has 0 spiro atoms. The topological polar surface area (TPSA) is 87.4 Å². The van der Waals surface area contributed by atoms with Crippen molar-refractivity contribution in [3.63, 3.8) is 0 Å². The minimum atomic E-state index is -0.448. The Morgan fingerprint density at radius 3 is 2.80 bits per heavy atom. The van der Waals surface area contributed by atoms with Crippen LogP contribution in [0.3, 0.4) is 0 Å². The highest BCUT2D eigenvalue weighted by Crippen LogP contribution is 2.48. The Morgan fingerprint density at radius 2 is 2.00 bits per heavy atom. The Morgan fingerprint density at radius 1 is 1.14 bits per heavy atom. The van der Waals surface area contributed by atoms with Gasteiger partial charge >= 0.3 is 0 Å². The number of aromatic nitrogens is 1. The molecule has 0 saturated carbocycles. The van der Waals surface area contributed by atoms with Crippen molar-refractivity contribution in [3.8, 4) is 11.5 Å². The molecule has 10 heteroatoms. The van der Waals surface area contributed by atoms with Crippen LogP contribution >= 0.6 is 39.3 Å². The Balaban J connectivity index is 1.57. The molecule has 5 rings (SSSR count). The molecule has 0 aliphatic carbocycles. The fraction of sp³-hybridized carbons (Fsp3) is 0.120. The quantitative estimate of drug-likeness (QED) is 0.198. The number of halogens is 2. The van der Waals surface area contributed by atoms with Gasteiger partial charge in [0.15, 0.2) is 0 Å². The Bertz CT molecular complexity index is 1480. The molecule has 3 aromatic carbocycles. The van der Waals surface area contributed by atoms with Crippen molar-refractivity contribution in [1.82, 2.24) is 4.98 Å². The van der Waals surface area contributed by atoms with Gasteiger partial charge in [-0.15, -0.1) is 16.9 Å². The van der Waals surface area contributed by atoms with E-state index in [-0.39, 0.29) is 17.4 Å². The molecule has 1 atom stereocenters. The van der Waals surface area contributed by atoms with Crippen molar-refractivity contribution >= 4 is 73.2 Å². The van der Waals surface area contributed by atoms with Gasteiger partial charge in [0.05, 0.1) is 29.8 Å². The van der Waals surface area contributed by atoms with Crippen LogP contribution in [0.4, 0.5) is 17.1 Å². The summed E-state index contributed by atoms with van der Waals surface area (Å²) >= 11 is 11.5. The number of rotatable bonds is 5. The number of anilines is 1. The van der Waals surface area contributed by atoms with E-state index >= 15 is 0 Å². The van der Waals surface area contributed by atoms with Gasteiger partial charge in [-0.25, -0.2) is 4.98 Å². The number of aromatic hydroxyl groups is 1. The van der Waals surface area contributed by atoms with Crippen molar-refractivity contribution in [1.29, 1.82) is 0 Å². The average Bonchev–Trinajstić information content (AvgIpc) is 3.23. The zero-order valence-corrected chi connectivity index (χ0v) is 21.5. The smallest absolute Gasteiger partial charge is 0.238 e. The standard InChI is InChI=1S/C25H18BrClN4O3S/c1-34-18-7-5-14-9-19(24(27)28-21(14)12-18)25-31(23(33)13-35-25)22-11-17(32)6-8-20(22)30-29-16-4-2-3-15(26)10-16/h2-12,25,32H,13H2,1H3. The van der Waals surface area contributed by atoms with Gasteiger partial charge in [-0.2, -0.15) is 5.11 Å². The number of azo groups is 1. The van der Waals surface area contributed by atoms with Crippen LogP contribution < -0.4 is 9.64 Å². The number of pyridine rings is 1. The van der Waals surface area contributed by atoms with E-state index in [1.807, 2.05) is 48.5 Å².